The minimum Gasteiger partial charge on any atom is -0.379 e. The molecule has 0 spiro atoms. The Hall–Kier alpha value is -1.26. The van der Waals surface area contributed by atoms with Crippen LogP contribution in [0.4, 0.5) is 5.69 Å². The summed E-state index contributed by atoms with van der Waals surface area (Å²) in [6, 6.07) is 5.31. The van der Waals surface area contributed by atoms with Gasteiger partial charge in [-0.3, -0.25) is 4.68 Å². The predicted octanol–water partition coefficient (Wildman–Crippen LogP) is 2.73. The van der Waals surface area contributed by atoms with E-state index in [1.165, 1.54) is 0 Å². The molecule has 0 saturated carbocycles. The van der Waals surface area contributed by atoms with Crippen LogP contribution in [0.1, 0.15) is 5.69 Å². The molecular weight excluding hydrogens is 247 g/mol. The molecule has 0 amide bonds. The van der Waals surface area contributed by atoms with Gasteiger partial charge in [-0.15, -0.1) is 5.10 Å². The summed E-state index contributed by atoms with van der Waals surface area (Å²) < 4.78 is 1.65. The van der Waals surface area contributed by atoms with Gasteiger partial charge >= 0.3 is 0 Å². The molecule has 84 valence electrons. The van der Waals surface area contributed by atoms with Gasteiger partial charge in [-0.05, 0) is 18.2 Å². The number of anilines is 1. The number of aryl methyl sites for hydroxylation is 1. The summed E-state index contributed by atoms with van der Waals surface area (Å²) in [5, 5.41) is 12.2. The van der Waals surface area contributed by atoms with Gasteiger partial charge in [0.1, 0.15) is 5.69 Å². The normalized spacial score (nSPS) is 10.4. The molecule has 0 saturated heterocycles. The van der Waals surface area contributed by atoms with E-state index >= 15 is 0 Å². The van der Waals surface area contributed by atoms with E-state index in [2.05, 4.69) is 15.6 Å². The summed E-state index contributed by atoms with van der Waals surface area (Å²) in [7, 11) is 1.83. The van der Waals surface area contributed by atoms with E-state index in [0.29, 0.717) is 16.6 Å². The zero-order valence-corrected chi connectivity index (χ0v) is 10.1. The molecule has 4 nitrogen and oxygen atoms in total. The van der Waals surface area contributed by atoms with Gasteiger partial charge in [0.2, 0.25) is 0 Å². The Morgan fingerprint density at radius 2 is 1.94 bits per heavy atom. The first-order chi connectivity index (χ1) is 7.63. The van der Waals surface area contributed by atoms with E-state index in [-0.39, 0.29) is 0 Å². The molecule has 1 aromatic heterocycles. The Bertz CT molecular complexity index is 475. The van der Waals surface area contributed by atoms with Crippen molar-refractivity contribution in [3.05, 3.63) is 40.1 Å². The highest BCUT2D eigenvalue weighted by Crippen LogP contribution is 2.22. The molecule has 0 atom stereocenters. The molecular formula is C10H10Cl2N4. The second kappa shape index (κ2) is 4.72. The lowest BCUT2D eigenvalue weighted by atomic mass is 10.3. The van der Waals surface area contributed by atoms with Crippen molar-refractivity contribution in [2.75, 3.05) is 5.32 Å². The van der Waals surface area contributed by atoms with E-state index in [1.807, 2.05) is 25.4 Å². The molecule has 0 fully saturated rings. The van der Waals surface area contributed by atoms with Gasteiger partial charge in [0.15, 0.2) is 0 Å². The van der Waals surface area contributed by atoms with Gasteiger partial charge in [-0.25, -0.2) is 0 Å². The molecule has 1 heterocycles. The second-order valence-electron chi connectivity index (χ2n) is 3.40. The third-order valence-corrected chi connectivity index (χ3v) is 2.42. The topological polar surface area (TPSA) is 42.7 Å². The molecule has 0 radical (unpaired) electrons. The Kier molecular flexibility index (Phi) is 3.31. The molecule has 0 unspecified atom stereocenters. The first-order valence-corrected chi connectivity index (χ1v) is 5.44. The van der Waals surface area contributed by atoms with Crippen LogP contribution in [0.3, 0.4) is 0 Å². The van der Waals surface area contributed by atoms with Crippen molar-refractivity contribution >= 4 is 28.9 Å². The van der Waals surface area contributed by atoms with Crippen LogP contribution in [0, 0.1) is 0 Å². The molecule has 1 N–H and O–H groups in total. The summed E-state index contributed by atoms with van der Waals surface area (Å²) >= 11 is 11.8. The lowest BCUT2D eigenvalue weighted by Gasteiger charge is -2.05. The number of nitrogens with one attached hydrogen (secondary N) is 1. The van der Waals surface area contributed by atoms with Crippen LogP contribution in [0.5, 0.6) is 0 Å². The highest BCUT2D eigenvalue weighted by Gasteiger charge is 2.00. The SMILES string of the molecule is Cn1cc(CNc2cc(Cl)cc(Cl)c2)nn1. The highest BCUT2D eigenvalue weighted by atomic mass is 35.5. The summed E-state index contributed by atoms with van der Waals surface area (Å²) in [5.74, 6) is 0. The first kappa shape index (κ1) is 11.2. The molecule has 0 aliphatic rings. The highest BCUT2D eigenvalue weighted by molar-refractivity contribution is 6.35. The summed E-state index contributed by atoms with van der Waals surface area (Å²) in [6.45, 7) is 0.588. The van der Waals surface area contributed by atoms with Crippen molar-refractivity contribution in [3.63, 3.8) is 0 Å². The van der Waals surface area contributed by atoms with Crippen LogP contribution in [-0.4, -0.2) is 15.0 Å². The lowest BCUT2D eigenvalue weighted by Crippen LogP contribution is -1.99. The maximum absolute atomic E-state index is 5.88. The van der Waals surface area contributed by atoms with Crippen LogP contribution in [0.2, 0.25) is 10.0 Å². The van der Waals surface area contributed by atoms with Gasteiger partial charge < -0.3 is 5.32 Å². The number of halogens is 2. The van der Waals surface area contributed by atoms with Gasteiger partial charge in [0.25, 0.3) is 0 Å². The molecule has 6 heteroatoms. The fourth-order valence-electron chi connectivity index (χ4n) is 1.32. The average molecular weight is 257 g/mol. The average Bonchev–Trinajstić information content (AvgIpc) is 2.60. The largest absolute Gasteiger partial charge is 0.379 e. The van der Waals surface area contributed by atoms with Crippen molar-refractivity contribution < 1.29 is 0 Å². The standard InChI is InChI=1S/C10H10Cl2N4/c1-16-6-10(14-15-16)5-13-9-3-7(11)2-8(12)4-9/h2-4,6,13H,5H2,1H3. The van der Waals surface area contributed by atoms with Crippen molar-refractivity contribution in [1.82, 2.24) is 15.0 Å². The maximum atomic E-state index is 5.88. The summed E-state index contributed by atoms with van der Waals surface area (Å²) in [4.78, 5) is 0. The number of hydrogen-bond donors (Lipinski definition) is 1. The monoisotopic (exact) mass is 256 g/mol. The quantitative estimate of drug-likeness (QED) is 0.919. The van der Waals surface area contributed by atoms with E-state index < -0.39 is 0 Å². The lowest BCUT2D eigenvalue weighted by molar-refractivity contribution is 0.713. The van der Waals surface area contributed by atoms with Crippen molar-refractivity contribution in [2.45, 2.75) is 6.54 Å². The molecule has 0 aliphatic heterocycles. The first-order valence-electron chi connectivity index (χ1n) is 4.68. The van der Waals surface area contributed by atoms with Crippen molar-refractivity contribution in [3.8, 4) is 0 Å². The minimum atomic E-state index is 0.588. The fraction of sp³-hybridized carbons (Fsp3) is 0.200. The van der Waals surface area contributed by atoms with E-state index in [1.54, 1.807) is 10.7 Å². The van der Waals surface area contributed by atoms with E-state index in [4.69, 9.17) is 23.2 Å². The van der Waals surface area contributed by atoms with Gasteiger partial charge in [-0.2, -0.15) is 0 Å². The van der Waals surface area contributed by atoms with Crippen LogP contribution in [0.25, 0.3) is 0 Å². The van der Waals surface area contributed by atoms with Crippen LogP contribution in [0.15, 0.2) is 24.4 Å². The molecule has 0 bridgehead atoms. The Morgan fingerprint density at radius 1 is 1.25 bits per heavy atom. The maximum Gasteiger partial charge on any atom is 0.102 e. The smallest absolute Gasteiger partial charge is 0.102 e. The van der Waals surface area contributed by atoms with Gasteiger partial charge in [0.05, 0.1) is 6.54 Å². The predicted molar refractivity (Wildman–Crippen MR) is 64.8 cm³/mol. The zero-order valence-electron chi connectivity index (χ0n) is 8.61. The van der Waals surface area contributed by atoms with E-state index in [9.17, 15) is 0 Å². The molecule has 0 aliphatic carbocycles. The number of hydrogen-bond acceptors (Lipinski definition) is 3. The van der Waals surface area contributed by atoms with Crippen molar-refractivity contribution in [1.29, 1.82) is 0 Å². The number of aromatic nitrogens is 3. The van der Waals surface area contributed by atoms with Gasteiger partial charge in [-0.1, -0.05) is 28.4 Å². The minimum absolute atomic E-state index is 0.588. The number of benzene rings is 1. The third kappa shape index (κ3) is 2.87. The Morgan fingerprint density at radius 3 is 2.50 bits per heavy atom. The molecule has 2 aromatic rings. The number of nitrogens with zero attached hydrogens (tertiary/aromatic N) is 3. The molecule has 1 aromatic carbocycles. The van der Waals surface area contributed by atoms with Gasteiger partial charge in [0, 0.05) is 29.0 Å². The molecule has 16 heavy (non-hydrogen) atoms. The second-order valence-corrected chi connectivity index (χ2v) is 4.27. The van der Waals surface area contributed by atoms with Crippen LogP contribution >= 0.6 is 23.2 Å². The molecule has 2 rings (SSSR count). The van der Waals surface area contributed by atoms with Crippen LogP contribution in [-0.2, 0) is 13.6 Å². The van der Waals surface area contributed by atoms with Crippen molar-refractivity contribution in [2.24, 2.45) is 7.05 Å². The third-order valence-electron chi connectivity index (χ3n) is 1.99. The van der Waals surface area contributed by atoms with E-state index in [0.717, 1.165) is 11.4 Å². The number of rotatable bonds is 3. The Labute approximate surface area is 103 Å². The fourth-order valence-corrected chi connectivity index (χ4v) is 1.85. The van der Waals surface area contributed by atoms with Crippen LogP contribution < -0.4 is 5.32 Å². The summed E-state index contributed by atoms with van der Waals surface area (Å²) in [6.07, 6.45) is 1.85. The summed E-state index contributed by atoms with van der Waals surface area (Å²) in [5.41, 5.74) is 1.72. The zero-order chi connectivity index (χ0) is 11.5. The Balaban J connectivity index is 2.04.